The molecule has 0 aliphatic heterocycles. The zero-order chi connectivity index (χ0) is 10.7. The average molecular weight is 243 g/mol. The zero-order valence-corrected chi connectivity index (χ0v) is 10.3. The predicted octanol–water partition coefficient (Wildman–Crippen LogP) is 5.43. The van der Waals surface area contributed by atoms with E-state index in [4.69, 9.17) is 23.2 Å². The molecule has 0 nitrogen and oxygen atoms in total. The number of benzene rings is 1. The summed E-state index contributed by atoms with van der Waals surface area (Å²) in [6.07, 6.45) is 7.92. The smallest absolute Gasteiger partial charge is 0.0627 e. The Morgan fingerprint density at radius 3 is 2.27 bits per heavy atom. The van der Waals surface area contributed by atoms with Gasteiger partial charge in [-0.2, -0.15) is 0 Å². The van der Waals surface area contributed by atoms with Gasteiger partial charge in [0.25, 0.3) is 0 Å². The molecule has 82 valence electrons. The lowest BCUT2D eigenvalue weighted by Gasteiger charge is -2.16. The first-order chi connectivity index (χ1) is 7.29. The maximum absolute atomic E-state index is 6.25. The molecule has 0 bridgehead atoms. The van der Waals surface area contributed by atoms with Gasteiger partial charge in [0.1, 0.15) is 0 Å². The highest BCUT2D eigenvalue weighted by Crippen LogP contribution is 2.37. The van der Waals surface area contributed by atoms with Crippen molar-refractivity contribution < 1.29 is 0 Å². The zero-order valence-electron chi connectivity index (χ0n) is 8.81. The van der Waals surface area contributed by atoms with Crippen LogP contribution in [0.1, 0.15) is 50.0 Å². The Kier molecular flexibility index (Phi) is 3.93. The maximum atomic E-state index is 6.25. The third-order valence-electron chi connectivity index (χ3n) is 3.28. The molecule has 0 amide bonds. The summed E-state index contributed by atoms with van der Waals surface area (Å²) in [7, 11) is 0. The lowest BCUT2D eigenvalue weighted by atomic mass is 9.92. The number of hydrogen-bond acceptors (Lipinski definition) is 0. The molecule has 0 N–H and O–H groups in total. The molecule has 1 aliphatic carbocycles. The van der Waals surface area contributed by atoms with Crippen molar-refractivity contribution in [3.05, 3.63) is 33.8 Å². The van der Waals surface area contributed by atoms with E-state index in [0.717, 1.165) is 5.02 Å². The second-order valence-electron chi connectivity index (χ2n) is 4.33. The molecular formula is C13H16Cl2. The number of halogens is 2. The Morgan fingerprint density at radius 2 is 1.60 bits per heavy atom. The average Bonchev–Trinajstić information content (AvgIpc) is 2.50. The van der Waals surface area contributed by atoms with Gasteiger partial charge in [-0.1, -0.05) is 61.0 Å². The normalized spacial score (nSPS) is 18.8. The fourth-order valence-electron chi connectivity index (χ4n) is 2.43. The van der Waals surface area contributed by atoms with Crippen molar-refractivity contribution in [1.82, 2.24) is 0 Å². The second-order valence-corrected chi connectivity index (χ2v) is 5.12. The van der Waals surface area contributed by atoms with Crippen LogP contribution in [0.4, 0.5) is 0 Å². The highest BCUT2D eigenvalue weighted by atomic mass is 35.5. The lowest BCUT2D eigenvalue weighted by molar-refractivity contribution is 0.593. The Balaban J connectivity index is 2.23. The summed E-state index contributed by atoms with van der Waals surface area (Å²) < 4.78 is 0. The summed E-state index contributed by atoms with van der Waals surface area (Å²) in [6.45, 7) is 0. The van der Waals surface area contributed by atoms with Gasteiger partial charge in [-0.3, -0.25) is 0 Å². The molecule has 0 atom stereocenters. The van der Waals surface area contributed by atoms with Crippen molar-refractivity contribution in [2.75, 3.05) is 0 Å². The maximum Gasteiger partial charge on any atom is 0.0627 e. The van der Waals surface area contributed by atoms with Crippen molar-refractivity contribution in [3.8, 4) is 0 Å². The Morgan fingerprint density at radius 1 is 0.933 bits per heavy atom. The minimum Gasteiger partial charge on any atom is -0.0827 e. The van der Waals surface area contributed by atoms with Gasteiger partial charge >= 0.3 is 0 Å². The first-order valence-electron chi connectivity index (χ1n) is 5.73. The molecule has 1 saturated carbocycles. The highest BCUT2D eigenvalue weighted by molar-refractivity contribution is 6.42. The van der Waals surface area contributed by atoms with Crippen LogP contribution in [0.15, 0.2) is 18.2 Å². The molecule has 0 saturated heterocycles. The van der Waals surface area contributed by atoms with E-state index >= 15 is 0 Å². The van der Waals surface area contributed by atoms with Crippen LogP contribution in [-0.4, -0.2) is 0 Å². The van der Waals surface area contributed by atoms with Crippen LogP contribution in [0.3, 0.4) is 0 Å². The van der Waals surface area contributed by atoms with Crippen molar-refractivity contribution >= 4 is 23.2 Å². The predicted molar refractivity (Wildman–Crippen MR) is 66.9 cm³/mol. The quantitative estimate of drug-likeness (QED) is 0.577. The van der Waals surface area contributed by atoms with Gasteiger partial charge in [0.15, 0.2) is 0 Å². The van der Waals surface area contributed by atoms with Crippen LogP contribution in [0.2, 0.25) is 10.0 Å². The molecule has 1 aromatic rings. The fourth-order valence-corrected chi connectivity index (χ4v) is 2.89. The third-order valence-corrected chi connectivity index (χ3v) is 4.11. The van der Waals surface area contributed by atoms with Crippen LogP contribution in [0.25, 0.3) is 0 Å². The molecule has 0 heterocycles. The monoisotopic (exact) mass is 242 g/mol. The molecule has 0 spiro atoms. The standard InChI is InChI=1S/C13H16Cl2/c14-12-9-5-8-11(13(12)15)10-6-3-1-2-4-7-10/h5,8-10H,1-4,6-7H2. The van der Waals surface area contributed by atoms with Crippen LogP contribution >= 0.6 is 23.2 Å². The molecule has 1 aliphatic rings. The van der Waals surface area contributed by atoms with Gasteiger partial charge in [0.2, 0.25) is 0 Å². The van der Waals surface area contributed by atoms with Gasteiger partial charge in [-0.15, -0.1) is 0 Å². The largest absolute Gasteiger partial charge is 0.0827 e. The molecule has 0 aromatic heterocycles. The van der Waals surface area contributed by atoms with Crippen molar-refractivity contribution in [2.24, 2.45) is 0 Å². The van der Waals surface area contributed by atoms with E-state index < -0.39 is 0 Å². The third kappa shape index (κ3) is 2.68. The lowest BCUT2D eigenvalue weighted by Crippen LogP contribution is -1.98. The van der Waals surface area contributed by atoms with E-state index in [1.54, 1.807) is 0 Å². The summed E-state index contributed by atoms with van der Waals surface area (Å²) in [5, 5.41) is 1.46. The number of hydrogen-bond donors (Lipinski definition) is 0. The first kappa shape index (κ1) is 11.3. The second kappa shape index (κ2) is 5.23. The molecule has 0 unspecified atom stereocenters. The van der Waals surface area contributed by atoms with Gasteiger partial charge in [-0.05, 0) is 30.4 Å². The van der Waals surface area contributed by atoms with Crippen molar-refractivity contribution in [3.63, 3.8) is 0 Å². The van der Waals surface area contributed by atoms with E-state index in [1.807, 2.05) is 12.1 Å². The minimum atomic E-state index is 0.624. The van der Waals surface area contributed by atoms with E-state index in [-0.39, 0.29) is 0 Å². The van der Waals surface area contributed by atoms with Gasteiger partial charge in [0, 0.05) is 0 Å². The summed E-state index contributed by atoms with van der Waals surface area (Å²) in [5.41, 5.74) is 1.26. The Labute approximate surface area is 102 Å². The van der Waals surface area contributed by atoms with Gasteiger partial charge in [-0.25, -0.2) is 0 Å². The summed E-state index contributed by atoms with van der Waals surface area (Å²) in [4.78, 5) is 0. The SMILES string of the molecule is Clc1cccc(C2CCCCCC2)c1Cl. The van der Waals surface area contributed by atoms with Crippen molar-refractivity contribution in [2.45, 2.75) is 44.4 Å². The van der Waals surface area contributed by atoms with Crippen LogP contribution < -0.4 is 0 Å². The topological polar surface area (TPSA) is 0 Å². The molecule has 2 heteroatoms. The van der Waals surface area contributed by atoms with E-state index in [0.29, 0.717) is 10.9 Å². The molecule has 1 aromatic carbocycles. The minimum absolute atomic E-state index is 0.624. The Hall–Kier alpha value is -0.200. The van der Waals surface area contributed by atoms with E-state index in [9.17, 15) is 0 Å². The summed E-state index contributed by atoms with van der Waals surface area (Å²) in [6, 6.07) is 6.00. The van der Waals surface area contributed by atoms with E-state index in [1.165, 1.54) is 44.1 Å². The molecule has 1 fully saturated rings. The van der Waals surface area contributed by atoms with Crippen LogP contribution in [0.5, 0.6) is 0 Å². The summed E-state index contributed by atoms with van der Waals surface area (Å²) in [5.74, 6) is 0.624. The first-order valence-corrected chi connectivity index (χ1v) is 6.48. The van der Waals surface area contributed by atoms with Crippen molar-refractivity contribution in [1.29, 1.82) is 0 Å². The van der Waals surface area contributed by atoms with Gasteiger partial charge < -0.3 is 0 Å². The number of rotatable bonds is 1. The molecular weight excluding hydrogens is 227 g/mol. The van der Waals surface area contributed by atoms with Crippen LogP contribution in [-0.2, 0) is 0 Å². The van der Waals surface area contributed by atoms with Gasteiger partial charge in [0.05, 0.1) is 10.0 Å². The fraction of sp³-hybridized carbons (Fsp3) is 0.538. The highest BCUT2D eigenvalue weighted by Gasteiger charge is 2.17. The Bertz CT molecular complexity index is 325. The van der Waals surface area contributed by atoms with Crippen LogP contribution in [0, 0.1) is 0 Å². The molecule has 15 heavy (non-hydrogen) atoms. The molecule has 2 rings (SSSR count). The van der Waals surface area contributed by atoms with E-state index in [2.05, 4.69) is 6.07 Å². The molecule has 0 radical (unpaired) electrons. The summed E-state index contributed by atoms with van der Waals surface area (Å²) >= 11 is 12.3.